The Morgan fingerprint density at radius 2 is 2.08 bits per heavy atom. The van der Waals surface area contributed by atoms with E-state index in [0.29, 0.717) is 36.3 Å². The Labute approximate surface area is 217 Å². The summed E-state index contributed by atoms with van der Waals surface area (Å²) < 4.78 is 31.0. The van der Waals surface area contributed by atoms with Gasteiger partial charge in [0.1, 0.15) is 17.7 Å². The van der Waals surface area contributed by atoms with Crippen LogP contribution in [0.2, 0.25) is 0 Å². The van der Waals surface area contributed by atoms with Gasteiger partial charge >= 0.3 is 0 Å². The van der Waals surface area contributed by atoms with Gasteiger partial charge in [0.15, 0.2) is 4.96 Å². The minimum Gasteiger partial charge on any atom is -0.351 e. The van der Waals surface area contributed by atoms with Crippen LogP contribution in [0.15, 0.2) is 36.7 Å². The molecule has 2 aliphatic heterocycles. The van der Waals surface area contributed by atoms with Gasteiger partial charge in [0.2, 0.25) is 0 Å². The van der Waals surface area contributed by atoms with Gasteiger partial charge in [0.25, 0.3) is 5.91 Å². The van der Waals surface area contributed by atoms with Gasteiger partial charge in [0.05, 0.1) is 22.1 Å². The summed E-state index contributed by atoms with van der Waals surface area (Å²) in [5, 5.41) is 6.34. The molecule has 3 aromatic heterocycles. The number of benzene rings is 1. The lowest BCUT2D eigenvalue weighted by Gasteiger charge is -2.28. The number of halogens is 2. The second-order valence-corrected chi connectivity index (χ2v) is 10.9. The summed E-state index contributed by atoms with van der Waals surface area (Å²) in [5.41, 5.74) is 3.22. The zero-order valence-corrected chi connectivity index (χ0v) is 21.4. The van der Waals surface area contributed by atoms with Gasteiger partial charge in [0, 0.05) is 37.4 Å². The minimum atomic E-state index is -0.671. The van der Waals surface area contributed by atoms with Crippen LogP contribution in [0.4, 0.5) is 8.78 Å². The van der Waals surface area contributed by atoms with Crippen LogP contribution in [-0.4, -0.2) is 64.1 Å². The van der Waals surface area contributed by atoms with E-state index in [-0.39, 0.29) is 17.8 Å². The number of hydrogen-bond acceptors (Lipinski definition) is 6. The smallest absolute Gasteiger partial charge is 0.269 e. The molecule has 2 N–H and O–H groups in total. The molecule has 194 valence electrons. The predicted molar refractivity (Wildman–Crippen MR) is 141 cm³/mol. The van der Waals surface area contributed by atoms with E-state index in [9.17, 15) is 13.6 Å². The number of hydrogen-bond donors (Lipinski definition) is 2. The number of aromatic nitrogens is 3. The molecule has 4 aromatic rings. The third kappa shape index (κ3) is 5.10. The van der Waals surface area contributed by atoms with E-state index >= 15 is 0 Å². The Hall–Kier alpha value is -2.95. The van der Waals surface area contributed by atoms with Crippen molar-refractivity contribution in [2.24, 2.45) is 0 Å². The van der Waals surface area contributed by atoms with Crippen LogP contribution in [0.5, 0.6) is 0 Å². The lowest BCUT2D eigenvalue weighted by molar-refractivity contribution is 0.0945. The zero-order chi connectivity index (χ0) is 25.4. The average Bonchev–Trinajstić information content (AvgIpc) is 3.64. The molecule has 2 saturated heterocycles. The number of piperidine rings is 1. The van der Waals surface area contributed by atoms with Gasteiger partial charge in [-0.05, 0) is 69.0 Å². The molecular formula is C27H30F2N6OS. The summed E-state index contributed by atoms with van der Waals surface area (Å²) in [4.78, 5) is 24.6. The Balaban J connectivity index is 1.12. The first-order chi connectivity index (χ1) is 18.0. The van der Waals surface area contributed by atoms with Crippen molar-refractivity contribution in [3.63, 3.8) is 0 Å². The van der Waals surface area contributed by atoms with Crippen molar-refractivity contribution in [2.75, 3.05) is 32.7 Å². The second-order valence-electron chi connectivity index (χ2n) is 9.93. The molecule has 1 aromatic carbocycles. The van der Waals surface area contributed by atoms with Crippen LogP contribution in [0, 0.1) is 5.82 Å². The summed E-state index contributed by atoms with van der Waals surface area (Å²) in [5.74, 6) is -0.486. The topological polar surface area (TPSA) is 74.6 Å². The fourth-order valence-electron chi connectivity index (χ4n) is 5.30. The van der Waals surface area contributed by atoms with Crippen LogP contribution >= 0.6 is 11.3 Å². The number of rotatable bonds is 7. The number of fused-ring (bicyclic) bond motifs is 3. The molecular weight excluding hydrogens is 494 g/mol. The number of carbonyl (C=O) groups is 1. The molecule has 5 heterocycles. The monoisotopic (exact) mass is 524 g/mol. The number of likely N-dealkylation sites (tertiary alicyclic amines) is 1. The lowest BCUT2D eigenvalue weighted by atomic mass is 10.0. The summed E-state index contributed by atoms with van der Waals surface area (Å²) in [6, 6.07) is 7.39. The molecule has 0 unspecified atom stereocenters. The first-order valence-corrected chi connectivity index (χ1v) is 13.8. The van der Waals surface area contributed by atoms with Crippen molar-refractivity contribution >= 4 is 32.4 Å². The van der Waals surface area contributed by atoms with Crippen LogP contribution in [0.25, 0.3) is 26.4 Å². The van der Waals surface area contributed by atoms with Crippen molar-refractivity contribution in [1.82, 2.24) is 29.9 Å². The van der Waals surface area contributed by atoms with Crippen molar-refractivity contribution in [3.05, 3.63) is 53.7 Å². The van der Waals surface area contributed by atoms with Crippen LogP contribution in [0.3, 0.4) is 0 Å². The highest BCUT2D eigenvalue weighted by Crippen LogP contribution is 2.32. The number of amides is 1. The van der Waals surface area contributed by atoms with Gasteiger partial charge in [-0.25, -0.2) is 18.7 Å². The van der Waals surface area contributed by atoms with E-state index in [4.69, 9.17) is 0 Å². The van der Waals surface area contributed by atoms with E-state index in [1.54, 1.807) is 18.3 Å². The highest BCUT2D eigenvalue weighted by atomic mass is 32.1. The summed E-state index contributed by atoms with van der Waals surface area (Å²) in [6.45, 7) is 3.94. The number of alkyl halides is 1. The van der Waals surface area contributed by atoms with Crippen LogP contribution in [-0.2, 0) is 0 Å². The van der Waals surface area contributed by atoms with E-state index in [1.165, 1.54) is 11.3 Å². The molecule has 0 spiro atoms. The Morgan fingerprint density at radius 3 is 2.86 bits per heavy atom. The highest BCUT2D eigenvalue weighted by molar-refractivity contribution is 7.23. The maximum Gasteiger partial charge on any atom is 0.269 e. The SMILES string of the molecule is O=C(NCCCN1CCC(F)CC1)c1cc2sc3nc(-c4ccc([C@@H]5CCCN5)cc4F)cn3c2cn1. The lowest BCUT2D eigenvalue weighted by Crippen LogP contribution is -2.36. The summed E-state index contributed by atoms with van der Waals surface area (Å²) >= 11 is 1.45. The number of nitrogens with one attached hydrogen (secondary N) is 2. The van der Waals surface area contributed by atoms with Gasteiger partial charge in [-0.3, -0.25) is 9.20 Å². The van der Waals surface area contributed by atoms with Crippen molar-refractivity contribution in [3.8, 4) is 11.3 Å². The first-order valence-electron chi connectivity index (χ1n) is 13.0. The number of imidazole rings is 1. The Bertz CT molecular complexity index is 1420. The quantitative estimate of drug-likeness (QED) is 0.342. The number of pyridine rings is 1. The third-order valence-electron chi connectivity index (χ3n) is 7.40. The number of carbonyl (C=O) groups excluding carboxylic acids is 1. The van der Waals surface area contributed by atoms with Crippen LogP contribution < -0.4 is 10.6 Å². The van der Waals surface area contributed by atoms with Crippen molar-refractivity contribution < 1.29 is 13.6 Å². The maximum atomic E-state index is 15.0. The molecule has 0 saturated carbocycles. The fourth-order valence-corrected chi connectivity index (χ4v) is 6.31. The van der Waals surface area contributed by atoms with E-state index in [2.05, 4.69) is 25.5 Å². The molecule has 2 fully saturated rings. The largest absolute Gasteiger partial charge is 0.351 e. The number of thiazole rings is 1. The summed E-state index contributed by atoms with van der Waals surface area (Å²) in [6.07, 6.45) is 6.97. The zero-order valence-electron chi connectivity index (χ0n) is 20.6. The Kier molecular flexibility index (Phi) is 6.88. The molecule has 7 nitrogen and oxygen atoms in total. The predicted octanol–water partition coefficient (Wildman–Crippen LogP) is 4.73. The van der Waals surface area contributed by atoms with Gasteiger partial charge in [-0.15, -0.1) is 0 Å². The molecule has 0 bridgehead atoms. The molecule has 2 aliphatic rings. The van der Waals surface area contributed by atoms with E-state index in [1.807, 2.05) is 22.7 Å². The standard InChI is InChI=1S/C27H30F2N6OS/c28-18-6-11-34(12-7-18)10-2-9-31-26(36)22-14-25-24(15-32-22)35-16-23(33-27(35)37-25)19-5-4-17(13-20(19)29)21-3-1-8-30-21/h4-5,13-16,18,21,30H,1-3,6-12H2,(H,31,36)/t21-/m0/s1. The molecule has 1 atom stereocenters. The second kappa shape index (κ2) is 10.4. The Morgan fingerprint density at radius 1 is 1.22 bits per heavy atom. The molecule has 0 radical (unpaired) electrons. The van der Waals surface area contributed by atoms with E-state index < -0.39 is 6.17 Å². The maximum absolute atomic E-state index is 15.0. The fraction of sp³-hybridized carbons (Fsp3) is 0.444. The minimum absolute atomic E-state index is 0.213. The van der Waals surface area contributed by atoms with Crippen LogP contribution in [0.1, 0.15) is 54.2 Å². The molecule has 1 amide bonds. The molecule has 6 rings (SSSR count). The third-order valence-corrected chi connectivity index (χ3v) is 8.42. The summed E-state index contributed by atoms with van der Waals surface area (Å²) in [7, 11) is 0. The first kappa shape index (κ1) is 24.4. The van der Waals surface area contributed by atoms with Crippen molar-refractivity contribution in [2.45, 2.75) is 44.3 Å². The van der Waals surface area contributed by atoms with Gasteiger partial charge in [-0.1, -0.05) is 17.4 Å². The molecule has 37 heavy (non-hydrogen) atoms. The number of nitrogens with zero attached hydrogens (tertiary/aromatic N) is 4. The molecule has 0 aliphatic carbocycles. The average molecular weight is 525 g/mol. The van der Waals surface area contributed by atoms with Gasteiger partial charge < -0.3 is 15.5 Å². The van der Waals surface area contributed by atoms with Gasteiger partial charge in [-0.2, -0.15) is 0 Å². The molecule has 10 heteroatoms. The van der Waals surface area contributed by atoms with E-state index in [0.717, 1.165) is 66.2 Å². The highest BCUT2D eigenvalue weighted by Gasteiger charge is 2.20. The normalized spacial score (nSPS) is 19.2. The van der Waals surface area contributed by atoms with Crippen molar-refractivity contribution in [1.29, 1.82) is 0 Å².